The van der Waals surface area contributed by atoms with E-state index in [-0.39, 0.29) is 17.7 Å². The molecular formula is C27H37N3O5. The van der Waals surface area contributed by atoms with Crippen LogP contribution in [0.2, 0.25) is 0 Å². The fraction of sp³-hybridized carbons (Fsp3) is 0.481. The van der Waals surface area contributed by atoms with E-state index in [0.717, 1.165) is 31.8 Å². The lowest BCUT2D eigenvalue weighted by Gasteiger charge is -2.29. The summed E-state index contributed by atoms with van der Waals surface area (Å²) >= 11 is 0. The van der Waals surface area contributed by atoms with Crippen LogP contribution in [-0.2, 0) is 11.3 Å². The highest BCUT2D eigenvalue weighted by molar-refractivity contribution is 5.98. The maximum Gasteiger partial charge on any atom is 0.252 e. The highest BCUT2D eigenvalue weighted by Gasteiger charge is 2.30. The van der Waals surface area contributed by atoms with Crippen molar-refractivity contribution in [2.75, 3.05) is 47.5 Å². The third-order valence-corrected chi connectivity index (χ3v) is 6.30. The van der Waals surface area contributed by atoms with Gasteiger partial charge in [0.05, 0.1) is 21.3 Å². The molecule has 8 heteroatoms. The highest BCUT2D eigenvalue weighted by Crippen LogP contribution is 2.23. The van der Waals surface area contributed by atoms with E-state index in [9.17, 15) is 9.59 Å². The Labute approximate surface area is 208 Å². The third-order valence-electron chi connectivity index (χ3n) is 6.30. The van der Waals surface area contributed by atoms with Crippen molar-refractivity contribution in [2.24, 2.45) is 5.92 Å². The van der Waals surface area contributed by atoms with E-state index in [0.29, 0.717) is 30.2 Å². The van der Waals surface area contributed by atoms with Gasteiger partial charge in [0.1, 0.15) is 23.3 Å². The predicted octanol–water partition coefficient (Wildman–Crippen LogP) is 3.20. The minimum absolute atomic E-state index is 0.0468. The first-order valence-electron chi connectivity index (χ1n) is 12.0. The Balaban J connectivity index is 1.63. The average Bonchev–Trinajstić information content (AvgIpc) is 3.12. The Bertz CT molecular complexity index is 971. The molecule has 3 rings (SSSR count). The minimum Gasteiger partial charge on any atom is -0.497 e. The van der Waals surface area contributed by atoms with Gasteiger partial charge in [-0.3, -0.25) is 14.5 Å². The van der Waals surface area contributed by atoms with E-state index in [4.69, 9.17) is 14.2 Å². The number of amides is 2. The molecule has 0 radical (unpaired) electrons. The molecule has 1 unspecified atom stereocenters. The second-order valence-corrected chi connectivity index (χ2v) is 9.10. The summed E-state index contributed by atoms with van der Waals surface area (Å²) in [6.45, 7) is 7.71. The van der Waals surface area contributed by atoms with Gasteiger partial charge in [-0.1, -0.05) is 26.0 Å². The van der Waals surface area contributed by atoms with Crippen LogP contribution in [0, 0.1) is 5.92 Å². The highest BCUT2D eigenvalue weighted by atomic mass is 16.5. The third kappa shape index (κ3) is 7.11. The molecule has 1 saturated heterocycles. The van der Waals surface area contributed by atoms with Gasteiger partial charge in [-0.25, -0.2) is 0 Å². The molecule has 2 aromatic carbocycles. The maximum atomic E-state index is 13.5. The van der Waals surface area contributed by atoms with Crippen LogP contribution < -0.4 is 19.5 Å². The first-order valence-corrected chi connectivity index (χ1v) is 12.0. The van der Waals surface area contributed by atoms with Crippen LogP contribution in [0.3, 0.4) is 0 Å². The predicted molar refractivity (Wildman–Crippen MR) is 135 cm³/mol. The number of hydrogen-bond donors (Lipinski definition) is 1. The molecule has 0 aliphatic carbocycles. The molecule has 1 heterocycles. The topological polar surface area (TPSA) is 80.3 Å². The van der Waals surface area contributed by atoms with Gasteiger partial charge in [0.15, 0.2) is 0 Å². The molecule has 1 N–H and O–H groups in total. The number of methoxy groups -OCH3 is 3. The van der Waals surface area contributed by atoms with Crippen molar-refractivity contribution < 1.29 is 23.8 Å². The average molecular weight is 484 g/mol. The summed E-state index contributed by atoms with van der Waals surface area (Å²) in [6, 6.07) is 12.5. The Kier molecular flexibility index (Phi) is 9.37. The van der Waals surface area contributed by atoms with Crippen molar-refractivity contribution in [2.45, 2.75) is 32.9 Å². The molecule has 35 heavy (non-hydrogen) atoms. The first-order chi connectivity index (χ1) is 16.8. The van der Waals surface area contributed by atoms with Crippen molar-refractivity contribution >= 4 is 11.8 Å². The number of carbonyl (C=O) groups excluding carboxylic acids is 2. The molecule has 8 nitrogen and oxygen atoms in total. The van der Waals surface area contributed by atoms with Crippen molar-refractivity contribution in [3.63, 3.8) is 0 Å². The maximum absolute atomic E-state index is 13.5. The minimum atomic E-state index is -0.618. The smallest absolute Gasteiger partial charge is 0.252 e. The van der Waals surface area contributed by atoms with Crippen LogP contribution in [0.15, 0.2) is 42.5 Å². The van der Waals surface area contributed by atoms with Crippen LogP contribution >= 0.6 is 0 Å². The van der Waals surface area contributed by atoms with Gasteiger partial charge in [0.25, 0.3) is 5.91 Å². The quantitative estimate of drug-likeness (QED) is 0.590. The molecule has 0 spiro atoms. The van der Waals surface area contributed by atoms with Crippen molar-refractivity contribution in [1.82, 2.24) is 15.1 Å². The van der Waals surface area contributed by atoms with Crippen LogP contribution in [-0.4, -0.2) is 75.2 Å². The Hall–Kier alpha value is -3.26. The Morgan fingerprint density at radius 3 is 2.06 bits per heavy atom. The lowest BCUT2D eigenvalue weighted by atomic mass is 10.0. The first kappa shape index (κ1) is 26.3. The van der Waals surface area contributed by atoms with Gasteiger partial charge in [0.2, 0.25) is 5.91 Å². The van der Waals surface area contributed by atoms with Crippen molar-refractivity contribution in [1.29, 1.82) is 0 Å². The fourth-order valence-corrected chi connectivity index (χ4v) is 4.21. The number of nitrogens with one attached hydrogen (secondary N) is 1. The zero-order chi connectivity index (χ0) is 25.4. The summed E-state index contributed by atoms with van der Waals surface area (Å²) < 4.78 is 15.8. The summed E-state index contributed by atoms with van der Waals surface area (Å²) in [7, 11) is 4.73. The number of nitrogens with zero attached hydrogens (tertiary/aromatic N) is 2. The number of rotatable bonds is 9. The van der Waals surface area contributed by atoms with Crippen LogP contribution in [0.1, 0.15) is 36.2 Å². The monoisotopic (exact) mass is 483 g/mol. The van der Waals surface area contributed by atoms with Crippen molar-refractivity contribution in [3.05, 3.63) is 53.6 Å². The molecule has 1 aliphatic rings. The van der Waals surface area contributed by atoms with Gasteiger partial charge in [-0.05, 0) is 42.2 Å². The fourth-order valence-electron chi connectivity index (χ4n) is 4.21. The summed E-state index contributed by atoms with van der Waals surface area (Å²) in [5, 5.41) is 2.95. The van der Waals surface area contributed by atoms with Gasteiger partial charge < -0.3 is 24.4 Å². The molecule has 0 bridgehead atoms. The van der Waals surface area contributed by atoms with Crippen LogP contribution in [0.25, 0.3) is 0 Å². The second kappa shape index (κ2) is 12.4. The number of carbonyl (C=O) groups is 2. The molecule has 1 atom stereocenters. The standard InChI is InChI=1S/C27H37N3O5/c1-19(2)25(28-26(31)21-15-23(34-4)17-24(16-21)35-5)27(32)30-12-6-11-29(13-14-30)18-20-7-9-22(33-3)10-8-20/h7-10,15-17,19,25H,6,11-14,18H2,1-5H3,(H,28,31). The van der Waals surface area contributed by atoms with Gasteiger partial charge in [-0.2, -0.15) is 0 Å². The number of benzene rings is 2. The van der Waals surface area contributed by atoms with E-state index in [2.05, 4.69) is 22.3 Å². The van der Waals surface area contributed by atoms with Crippen LogP contribution in [0.5, 0.6) is 17.2 Å². The summed E-state index contributed by atoms with van der Waals surface area (Å²) in [6.07, 6.45) is 0.883. The van der Waals surface area contributed by atoms with Gasteiger partial charge >= 0.3 is 0 Å². The van der Waals surface area contributed by atoms with E-state index in [1.54, 1.807) is 25.3 Å². The van der Waals surface area contributed by atoms with Crippen LogP contribution in [0.4, 0.5) is 0 Å². The zero-order valence-corrected chi connectivity index (χ0v) is 21.4. The SMILES string of the molecule is COc1ccc(CN2CCCN(C(=O)C(NC(=O)c3cc(OC)cc(OC)c3)C(C)C)CC2)cc1. The number of hydrogen-bond acceptors (Lipinski definition) is 6. The van der Waals surface area contributed by atoms with E-state index < -0.39 is 6.04 Å². The summed E-state index contributed by atoms with van der Waals surface area (Å²) in [4.78, 5) is 30.8. The second-order valence-electron chi connectivity index (χ2n) is 9.10. The molecule has 0 saturated carbocycles. The molecule has 1 fully saturated rings. The molecular weight excluding hydrogens is 446 g/mol. The lowest BCUT2D eigenvalue weighted by molar-refractivity contribution is -0.134. The van der Waals surface area contributed by atoms with E-state index >= 15 is 0 Å². The largest absolute Gasteiger partial charge is 0.497 e. The molecule has 0 aromatic heterocycles. The molecule has 1 aliphatic heterocycles. The number of ether oxygens (including phenoxy) is 3. The molecule has 190 valence electrons. The summed E-state index contributed by atoms with van der Waals surface area (Å²) in [5.74, 6) is 1.45. The molecule has 2 amide bonds. The zero-order valence-electron chi connectivity index (χ0n) is 21.4. The summed E-state index contributed by atoms with van der Waals surface area (Å²) in [5.41, 5.74) is 1.60. The Morgan fingerprint density at radius 2 is 1.49 bits per heavy atom. The normalized spacial score (nSPS) is 15.3. The Morgan fingerprint density at radius 1 is 0.857 bits per heavy atom. The van der Waals surface area contributed by atoms with Gasteiger partial charge in [0, 0.05) is 44.4 Å². The molecule has 2 aromatic rings. The van der Waals surface area contributed by atoms with Crippen molar-refractivity contribution in [3.8, 4) is 17.2 Å². The van der Waals surface area contributed by atoms with E-state index in [1.807, 2.05) is 30.9 Å². The lowest BCUT2D eigenvalue weighted by Crippen LogP contribution is -2.52. The van der Waals surface area contributed by atoms with E-state index in [1.165, 1.54) is 19.8 Å². The van der Waals surface area contributed by atoms with Gasteiger partial charge in [-0.15, -0.1) is 0 Å².